The Balaban J connectivity index is 1.77. The molecular formula is C28H29N5O21S6. The van der Waals surface area contributed by atoms with Crippen molar-refractivity contribution in [3.05, 3.63) is 48.5 Å². The van der Waals surface area contributed by atoms with Gasteiger partial charge in [0.1, 0.15) is 44.0 Å². The number of benzene rings is 4. The smallest absolute Gasteiger partial charge is 0.296 e. The van der Waals surface area contributed by atoms with E-state index in [1.807, 2.05) is 0 Å². The first-order valence-electron chi connectivity index (χ1n) is 15.4. The third-order valence-corrected chi connectivity index (χ3v) is 13.0. The van der Waals surface area contributed by atoms with E-state index in [1.165, 1.54) is 38.5 Å². The number of hydrogen-bond donors (Lipinski definition) is 6. The Bertz CT molecular complexity index is 2550. The van der Waals surface area contributed by atoms with E-state index < -0.39 is 75.7 Å². The van der Waals surface area contributed by atoms with Crippen molar-refractivity contribution in [1.82, 2.24) is 0 Å². The first-order chi connectivity index (χ1) is 28.5. The van der Waals surface area contributed by atoms with E-state index in [4.69, 9.17) is 39.3 Å². The van der Waals surface area contributed by atoms with Gasteiger partial charge in [-0.1, -0.05) is 15.1 Å². The topological polar surface area (TPSA) is 371 Å². The summed E-state index contributed by atoms with van der Waals surface area (Å²) in [5, 5.41) is 63.2. The van der Waals surface area contributed by atoms with E-state index >= 15 is 0 Å². The highest BCUT2D eigenvalue weighted by Crippen LogP contribution is 2.48. The SMILES string of the molecule is COc1cc(S(=O)(=O)CCOSOOO)c(OC)cc1N=Nc1c(SOOO)cc2c(N=Nc3ccc(S(=O)(=O)CCOSOOO)cc3S(=O)(=O)O)c(N)ccc2c1O. The number of ether oxygens (including phenoxy) is 2. The number of phenols is 1. The summed E-state index contributed by atoms with van der Waals surface area (Å²) in [5.74, 6) is -2.17. The minimum absolute atomic E-state index is 0.00327. The predicted octanol–water partition coefficient (Wildman–Crippen LogP) is 6.20. The Morgan fingerprint density at radius 2 is 1.25 bits per heavy atom. The molecule has 0 aliphatic heterocycles. The van der Waals surface area contributed by atoms with E-state index in [0.717, 1.165) is 18.2 Å². The molecule has 60 heavy (non-hydrogen) atoms. The maximum atomic E-state index is 13.1. The van der Waals surface area contributed by atoms with E-state index in [9.17, 15) is 34.9 Å². The molecule has 4 rings (SSSR count). The van der Waals surface area contributed by atoms with Crippen LogP contribution in [0.3, 0.4) is 0 Å². The van der Waals surface area contributed by atoms with Crippen LogP contribution in [0.2, 0.25) is 0 Å². The van der Waals surface area contributed by atoms with Crippen LogP contribution in [0.5, 0.6) is 17.2 Å². The van der Waals surface area contributed by atoms with Gasteiger partial charge in [0.05, 0.1) is 66.5 Å². The van der Waals surface area contributed by atoms with Crippen molar-refractivity contribution in [2.75, 3.05) is 44.7 Å². The molecule has 4 aromatic rings. The second-order valence-corrected chi connectivity index (χ2v) is 18.1. The van der Waals surface area contributed by atoms with Crippen molar-refractivity contribution >= 4 is 106 Å². The van der Waals surface area contributed by atoms with Crippen LogP contribution < -0.4 is 15.2 Å². The van der Waals surface area contributed by atoms with E-state index in [1.54, 1.807) is 0 Å². The highest BCUT2D eigenvalue weighted by atomic mass is 32.2. The number of methoxy groups -OCH3 is 2. The van der Waals surface area contributed by atoms with Gasteiger partial charge in [-0.25, -0.2) is 32.6 Å². The average molecular weight is 964 g/mol. The summed E-state index contributed by atoms with van der Waals surface area (Å²) in [7, 11) is -11.0. The first kappa shape index (κ1) is 48.6. The van der Waals surface area contributed by atoms with Gasteiger partial charge in [0, 0.05) is 22.9 Å². The Hall–Kier alpha value is -4.04. The summed E-state index contributed by atoms with van der Waals surface area (Å²) >= 11 is 0.615. The van der Waals surface area contributed by atoms with E-state index in [0.29, 0.717) is 18.1 Å². The molecule has 0 heterocycles. The molecule has 0 atom stereocenters. The van der Waals surface area contributed by atoms with Gasteiger partial charge in [0.25, 0.3) is 10.1 Å². The second kappa shape index (κ2) is 22.2. The van der Waals surface area contributed by atoms with Crippen LogP contribution in [0.4, 0.5) is 28.4 Å². The van der Waals surface area contributed by atoms with Crippen LogP contribution in [0, 0.1) is 0 Å². The first-order valence-corrected chi connectivity index (χ1v) is 22.3. The molecule has 0 amide bonds. The van der Waals surface area contributed by atoms with Crippen molar-refractivity contribution in [2.45, 2.75) is 19.6 Å². The summed E-state index contributed by atoms with van der Waals surface area (Å²) in [5.41, 5.74) is 4.96. The molecule has 32 heteroatoms. The summed E-state index contributed by atoms with van der Waals surface area (Å²) < 4.78 is 119. The zero-order valence-electron chi connectivity index (χ0n) is 30.0. The van der Waals surface area contributed by atoms with Gasteiger partial charge >= 0.3 is 0 Å². The van der Waals surface area contributed by atoms with Crippen molar-refractivity contribution in [3.8, 4) is 17.2 Å². The zero-order valence-corrected chi connectivity index (χ0v) is 34.9. The van der Waals surface area contributed by atoms with Crippen LogP contribution in [0.1, 0.15) is 0 Å². The van der Waals surface area contributed by atoms with Crippen LogP contribution in [-0.2, 0) is 66.3 Å². The molecule has 328 valence electrons. The number of phenolic OH excluding ortho intramolecular Hbond substituents is 1. The Kier molecular flexibility index (Phi) is 18.0. The van der Waals surface area contributed by atoms with Gasteiger partial charge in [0.15, 0.2) is 50.1 Å². The fourth-order valence-electron chi connectivity index (χ4n) is 4.75. The molecule has 0 radical (unpaired) electrons. The molecular weight excluding hydrogens is 935 g/mol. The van der Waals surface area contributed by atoms with Crippen molar-refractivity contribution in [1.29, 1.82) is 0 Å². The summed E-state index contributed by atoms with van der Waals surface area (Å²) in [6.07, 6.45) is 0. The normalized spacial score (nSPS) is 12.6. The lowest BCUT2D eigenvalue weighted by atomic mass is 10.1. The number of fused-ring (bicyclic) bond motifs is 1. The lowest BCUT2D eigenvalue weighted by Gasteiger charge is -2.14. The molecule has 0 fully saturated rings. The monoisotopic (exact) mass is 963 g/mol. The number of nitrogens with two attached hydrogens (primary N) is 1. The van der Waals surface area contributed by atoms with Gasteiger partial charge in [-0.05, 0) is 36.4 Å². The van der Waals surface area contributed by atoms with Crippen molar-refractivity contribution in [3.63, 3.8) is 0 Å². The van der Waals surface area contributed by atoms with Gasteiger partial charge < -0.3 is 20.3 Å². The number of aromatic hydroxyl groups is 1. The van der Waals surface area contributed by atoms with Crippen LogP contribution in [0.15, 0.2) is 88.6 Å². The largest absolute Gasteiger partial charge is 0.505 e. The second-order valence-electron chi connectivity index (χ2n) is 10.8. The van der Waals surface area contributed by atoms with Crippen LogP contribution in [0.25, 0.3) is 10.8 Å². The van der Waals surface area contributed by atoms with E-state index in [2.05, 4.69) is 48.6 Å². The number of sulfone groups is 2. The molecule has 0 bridgehead atoms. The number of rotatable bonds is 24. The molecule has 4 aromatic carbocycles. The number of anilines is 1. The van der Waals surface area contributed by atoms with Crippen molar-refractivity contribution < 1.29 is 96.6 Å². The number of nitrogen functional groups attached to an aromatic ring is 1. The molecule has 0 spiro atoms. The van der Waals surface area contributed by atoms with Crippen LogP contribution in [-0.4, -0.2) is 89.6 Å². The zero-order chi connectivity index (χ0) is 44.1. The lowest BCUT2D eigenvalue weighted by molar-refractivity contribution is -0.434. The van der Waals surface area contributed by atoms with Crippen LogP contribution >= 0.6 is 36.7 Å². The number of nitrogens with zero attached hydrogens (tertiary/aromatic N) is 4. The molecule has 0 saturated heterocycles. The lowest BCUT2D eigenvalue weighted by Crippen LogP contribution is -2.12. The quantitative estimate of drug-likeness (QED) is 0.00865. The van der Waals surface area contributed by atoms with E-state index in [-0.39, 0.29) is 79.5 Å². The maximum Gasteiger partial charge on any atom is 0.296 e. The minimum atomic E-state index is -5.13. The molecule has 0 aliphatic carbocycles. The molecule has 7 N–H and O–H groups in total. The van der Waals surface area contributed by atoms with Crippen molar-refractivity contribution in [2.24, 2.45) is 20.5 Å². The Labute approximate surface area is 351 Å². The Morgan fingerprint density at radius 3 is 1.85 bits per heavy atom. The highest BCUT2D eigenvalue weighted by molar-refractivity contribution is 7.94. The molecule has 0 aromatic heterocycles. The van der Waals surface area contributed by atoms with Gasteiger partial charge in [-0.15, -0.1) is 33.5 Å². The molecule has 26 nitrogen and oxygen atoms in total. The summed E-state index contributed by atoms with van der Waals surface area (Å²) in [6, 6.07) is 8.75. The number of azo groups is 2. The van der Waals surface area contributed by atoms with Gasteiger partial charge in [-0.2, -0.15) is 8.42 Å². The van der Waals surface area contributed by atoms with Gasteiger partial charge in [-0.3, -0.25) is 12.9 Å². The predicted molar refractivity (Wildman–Crippen MR) is 206 cm³/mol. The Morgan fingerprint density at radius 1 is 0.650 bits per heavy atom. The molecule has 0 saturated carbocycles. The summed E-state index contributed by atoms with van der Waals surface area (Å²) in [4.78, 5) is -1.95. The highest BCUT2D eigenvalue weighted by Gasteiger charge is 2.25. The minimum Gasteiger partial charge on any atom is -0.505 e. The molecule has 0 unspecified atom stereocenters. The third-order valence-electron chi connectivity index (χ3n) is 7.36. The average Bonchev–Trinajstić information content (AvgIpc) is 3.21. The molecule has 0 aliphatic rings. The van der Waals surface area contributed by atoms with Gasteiger partial charge in [0.2, 0.25) is 0 Å². The maximum absolute atomic E-state index is 13.1. The number of hydrogen-bond acceptors (Lipinski definition) is 28. The fraction of sp³-hybridized carbons (Fsp3) is 0.214. The fourth-order valence-corrected chi connectivity index (χ4v) is 8.97. The third kappa shape index (κ3) is 12.5. The summed E-state index contributed by atoms with van der Waals surface area (Å²) in [6.45, 7) is -0.894. The standard InChI is InChI=1S/C28H29N5O21S6/c1-45-21-14-25(59(40,41)10-8-48-57-54-51-37)22(46-2)13-20(21)31-33-27-23(55-52-49-35)12-17-16(28(27)34)4-5-18(29)26(17)32-30-19-6-3-15(11-24(19)60(42,43)44)58(38,39)9-7-47-56-53-50-36/h3-6,11-14,34-37H,7-10,29H2,1-2H3,(H,42,43,44).